The van der Waals surface area contributed by atoms with Gasteiger partial charge in [0.05, 0.1) is 6.54 Å². The third-order valence-corrected chi connectivity index (χ3v) is 2.99. The van der Waals surface area contributed by atoms with Gasteiger partial charge < -0.3 is 25.2 Å². The molecule has 1 aromatic carbocycles. The standard InChI is InChI=1S/C11H12N4O4/c16-14-15(17)11(10-12-5-6-13-10)7-18-8-3-1-2-4-9(8)19-11/h1-4,16H,5-7H2,(H,12,13)/b15-14-. The number of aliphatic imine (C=N–C) groups is 1. The molecule has 1 aromatic rings. The molecule has 2 heterocycles. The van der Waals surface area contributed by atoms with Crippen molar-refractivity contribution in [3.05, 3.63) is 29.5 Å². The largest absolute Gasteiger partial charge is 0.594 e. The molecule has 19 heavy (non-hydrogen) atoms. The van der Waals surface area contributed by atoms with Gasteiger partial charge in [0.1, 0.15) is 0 Å². The van der Waals surface area contributed by atoms with Crippen molar-refractivity contribution in [1.29, 1.82) is 0 Å². The predicted molar refractivity (Wildman–Crippen MR) is 63.4 cm³/mol. The molecule has 2 aliphatic rings. The van der Waals surface area contributed by atoms with Gasteiger partial charge in [0.15, 0.2) is 11.5 Å². The van der Waals surface area contributed by atoms with Crippen molar-refractivity contribution < 1.29 is 19.5 Å². The van der Waals surface area contributed by atoms with Crippen molar-refractivity contribution in [2.75, 3.05) is 19.7 Å². The first kappa shape index (κ1) is 11.6. The van der Waals surface area contributed by atoms with Gasteiger partial charge in [-0.25, -0.2) is 0 Å². The summed E-state index contributed by atoms with van der Waals surface area (Å²) in [6.45, 7) is 1.01. The third kappa shape index (κ3) is 1.72. The molecule has 0 fully saturated rings. The maximum absolute atomic E-state index is 11.9. The lowest BCUT2D eigenvalue weighted by Crippen LogP contribution is -2.61. The molecular weight excluding hydrogens is 252 g/mol. The number of rotatable bonds is 2. The lowest BCUT2D eigenvalue weighted by molar-refractivity contribution is -0.652. The molecule has 2 aliphatic heterocycles. The van der Waals surface area contributed by atoms with Crippen molar-refractivity contribution in [2.45, 2.75) is 5.72 Å². The van der Waals surface area contributed by atoms with Gasteiger partial charge in [-0.15, -0.1) is 0 Å². The minimum absolute atomic E-state index is 0.0556. The van der Waals surface area contributed by atoms with Gasteiger partial charge in [0.2, 0.25) is 17.7 Å². The summed E-state index contributed by atoms with van der Waals surface area (Å²) in [5.74, 6) is 1.23. The van der Waals surface area contributed by atoms with Crippen LogP contribution in [0.25, 0.3) is 0 Å². The van der Waals surface area contributed by atoms with Crippen LogP contribution in [0.5, 0.6) is 11.5 Å². The van der Waals surface area contributed by atoms with E-state index in [0.717, 1.165) is 0 Å². The van der Waals surface area contributed by atoms with E-state index in [1.165, 1.54) is 0 Å². The van der Waals surface area contributed by atoms with Gasteiger partial charge in [0, 0.05) is 11.4 Å². The average Bonchev–Trinajstić information content (AvgIpc) is 3.00. The second-order valence-electron chi connectivity index (χ2n) is 4.14. The number of benzene rings is 1. The Labute approximate surface area is 108 Å². The second-order valence-corrected chi connectivity index (χ2v) is 4.14. The number of nitrogens with one attached hydrogen (secondary N) is 1. The molecule has 0 saturated carbocycles. The maximum atomic E-state index is 11.9. The minimum Gasteiger partial charge on any atom is -0.594 e. The Kier molecular flexibility index (Phi) is 2.62. The molecule has 0 amide bonds. The molecule has 0 aromatic heterocycles. The van der Waals surface area contributed by atoms with E-state index >= 15 is 0 Å². The number of fused-ring (bicyclic) bond motifs is 1. The third-order valence-electron chi connectivity index (χ3n) is 2.99. The first-order valence-corrected chi connectivity index (χ1v) is 5.78. The lowest BCUT2D eigenvalue weighted by atomic mass is 10.2. The normalized spacial score (nSPS) is 25.7. The number of nitrogens with zero attached hydrogens (tertiary/aromatic N) is 3. The summed E-state index contributed by atoms with van der Waals surface area (Å²) in [6, 6.07) is 6.96. The fourth-order valence-corrected chi connectivity index (χ4v) is 2.07. The second kappa shape index (κ2) is 4.30. The molecule has 0 radical (unpaired) electrons. The molecule has 2 N–H and O–H groups in total. The zero-order valence-electron chi connectivity index (χ0n) is 9.94. The summed E-state index contributed by atoms with van der Waals surface area (Å²) in [5.41, 5.74) is -1.61. The van der Waals surface area contributed by atoms with Crippen LogP contribution in [0.1, 0.15) is 0 Å². The van der Waals surface area contributed by atoms with Gasteiger partial charge in [-0.1, -0.05) is 12.1 Å². The van der Waals surface area contributed by atoms with E-state index in [0.29, 0.717) is 30.4 Å². The van der Waals surface area contributed by atoms with Crippen LogP contribution in [-0.4, -0.2) is 41.3 Å². The highest BCUT2D eigenvalue weighted by Gasteiger charge is 2.55. The fourth-order valence-electron chi connectivity index (χ4n) is 2.07. The lowest BCUT2D eigenvalue weighted by Gasteiger charge is -2.32. The van der Waals surface area contributed by atoms with Gasteiger partial charge >= 0.3 is 5.72 Å². The number of amidine groups is 1. The Balaban J connectivity index is 2.04. The molecule has 0 aliphatic carbocycles. The fraction of sp³-hybridized carbons (Fsp3) is 0.364. The van der Waals surface area contributed by atoms with Crippen LogP contribution < -0.4 is 14.8 Å². The molecule has 1 atom stereocenters. The zero-order valence-corrected chi connectivity index (χ0v) is 9.94. The summed E-state index contributed by atoms with van der Waals surface area (Å²) < 4.78 is 11.2. The van der Waals surface area contributed by atoms with Crippen molar-refractivity contribution in [3.8, 4) is 11.5 Å². The van der Waals surface area contributed by atoms with Gasteiger partial charge in [-0.2, -0.15) is 0 Å². The van der Waals surface area contributed by atoms with Crippen molar-refractivity contribution >= 4 is 5.84 Å². The number of hydrogen-bond acceptors (Lipinski definition) is 6. The first-order valence-electron chi connectivity index (χ1n) is 5.78. The molecule has 8 nitrogen and oxygen atoms in total. The molecular formula is C11H12N4O4. The number of hydroxylamine groups is 1. The van der Waals surface area contributed by atoms with E-state index in [9.17, 15) is 5.21 Å². The topological polar surface area (TPSA) is 102 Å². The summed E-state index contributed by atoms with van der Waals surface area (Å²) in [7, 11) is 0. The number of para-hydroxylation sites is 2. The van der Waals surface area contributed by atoms with Crippen LogP contribution in [0.2, 0.25) is 0 Å². The van der Waals surface area contributed by atoms with Crippen LogP contribution in [0, 0.1) is 5.21 Å². The van der Waals surface area contributed by atoms with Crippen molar-refractivity contribution in [3.63, 3.8) is 0 Å². The Morgan fingerprint density at radius 1 is 1.42 bits per heavy atom. The highest BCUT2D eigenvalue weighted by molar-refractivity contribution is 5.91. The minimum atomic E-state index is -1.61. The van der Waals surface area contributed by atoms with Gasteiger partial charge in [0.25, 0.3) is 0 Å². The Bertz CT molecular complexity index is 559. The van der Waals surface area contributed by atoms with Gasteiger partial charge in [-0.3, -0.25) is 4.99 Å². The molecule has 3 rings (SSSR count). The van der Waals surface area contributed by atoms with Crippen LogP contribution >= 0.6 is 0 Å². The summed E-state index contributed by atoms with van der Waals surface area (Å²) in [6.07, 6.45) is 0. The Morgan fingerprint density at radius 3 is 2.89 bits per heavy atom. The summed E-state index contributed by atoms with van der Waals surface area (Å²) in [5, 5.41) is 26.2. The molecule has 8 heteroatoms. The van der Waals surface area contributed by atoms with E-state index < -0.39 is 5.72 Å². The van der Waals surface area contributed by atoms with E-state index in [4.69, 9.17) is 14.7 Å². The molecule has 0 spiro atoms. The van der Waals surface area contributed by atoms with E-state index in [1.807, 2.05) is 0 Å². The monoisotopic (exact) mass is 264 g/mol. The van der Waals surface area contributed by atoms with Gasteiger partial charge in [-0.05, 0) is 12.1 Å². The summed E-state index contributed by atoms with van der Waals surface area (Å²) >= 11 is 0. The Morgan fingerprint density at radius 2 is 2.21 bits per heavy atom. The van der Waals surface area contributed by atoms with Crippen molar-refractivity contribution in [2.24, 2.45) is 10.3 Å². The molecule has 0 bridgehead atoms. The van der Waals surface area contributed by atoms with E-state index in [2.05, 4.69) is 15.6 Å². The van der Waals surface area contributed by atoms with Crippen LogP contribution in [0.15, 0.2) is 34.5 Å². The molecule has 100 valence electrons. The Hall–Kier alpha value is -2.51. The first-order chi connectivity index (χ1) is 9.26. The average molecular weight is 264 g/mol. The smallest absolute Gasteiger partial charge is 0.437 e. The number of ether oxygens (including phenoxy) is 2. The van der Waals surface area contributed by atoms with Crippen LogP contribution in [0.3, 0.4) is 0 Å². The quantitative estimate of drug-likeness (QED) is 0.460. The predicted octanol–water partition coefficient (Wildman–Crippen LogP) is 0.507. The zero-order chi connectivity index (χ0) is 13.3. The SMILES string of the molecule is [O-]/[N+](=N\O)C1(C2=NCCN2)COc2ccccc2O1. The highest BCUT2D eigenvalue weighted by Crippen LogP contribution is 2.36. The van der Waals surface area contributed by atoms with E-state index in [-0.39, 0.29) is 11.5 Å². The molecule has 1 unspecified atom stereocenters. The van der Waals surface area contributed by atoms with E-state index in [1.54, 1.807) is 24.3 Å². The van der Waals surface area contributed by atoms with Crippen LogP contribution in [-0.2, 0) is 0 Å². The maximum Gasteiger partial charge on any atom is 0.437 e. The highest BCUT2D eigenvalue weighted by atomic mass is 16.7. The summed E-state index contributed by atoms with van der Waals surface area (Å²) in [4.78, 5) is 4.22. The van der Waals surface area contributed by atoms with Crippen LogP contribution in [0.4, 0.5) is 0 Å². The number of hydrogen-bond donors (Lipinski definition) is 2. The van der Waals surface area contributed by atoms with Crippen molar-refractivity contribution in [1.82, 2.24) is 5.32 Å². The molecule has 0 saturated heterocycles.